The van der Waals surface area contributed by atoms with Gasteiger partial charge in [0.15, 0.2) is 0 Å². The second kappa shape index (κ2) is 7.51. The Labute approximate surface area is 151 Å². The van der Waals surface area contributed by atoms with Crippen LogP contribution in [0.1, 0.15) is 22.6 Å². The Morgan fingerprint density at radius 3 is 2.76 bits per heavy atom. The molecule has 0 saturated carbocycles. The number of sulfonamides is 1. The van der Waals surface area contributed by atoms with Crippen LogP contribution in [0.4, 0.5) is 0 Å². The molecule has 25 heavy (non-hydrogen) atoms. The third-order valence-electron chi connectivity index (χ3n) is 3.75. The van der Waals surface area contributed by atoms with Crippen LogP contribution in [-0.2, 0) is 22.2 Å². The highest BCUT2D eigenvalue weighted by Crippen LogP contribution is 2.25. The molecule has 132 valence electrons. The van der Waals surface area contributed by atoms with E-state index in [2.05, 4.69) is 9.71 Å². The summed E-state index contributed by atoms with van der Waals surface area (Å²) < 4.78 is 32.8. The molecular weight excluding hydrogens is 356 g/mol. The molecule has 3 rings (SSSR count). The zero-order chi connectivity index (χ0) is 17.9. The van der Waals surface area contributed by atoms with Crippen molar-refractivity contribution < 1.29 is 12.8 Å². The van der Waals surface area contributed by atoms with Crippen molar-refractivity contribution >= 4 is 21.4 Å². The summed E-state index contributed by atoms with van der Waals surface area (Å²) in [4.78, 5) is 5.44. The molecule has 0 radical (unpaired) electrons. The monoisotopic (exact) mass is 376 g/mol. The van der Waals surface area contributed by atoms with E-state index < -0.39 is 10.0 Å². The smallest absolute Gasteiger partial charge is 0.236 e. The minimum atomic E-state index is -3.38. The first-order chi connectivity index (χ1) is 11.9. The molecule has 0 bridgehead atoms. The Kier molecular flexibility index (Phi) is 5.36. The van der Waals surface area contributed by atoms with Crippen molar-refractivity contribution in [2.24, 2.45) is 0 Å². The van der Waals surface area contributed by atoms with Gasteiger partial charge in [-0.2, -0.15) is 0 Å². The van der Waals surface area contributed by atoms with E-state index in [4.69, 9.17) is 4.42 Å². The van der Waals surface area contributed by atoms with E-state index in [1.54, 1.807) is 11.3 Å². The van der Waals surface area contributed by atoms with Crippen LogP contribution in [0, 0.1) is 13.8 Å². The molecule has 0 aliphatic carbocycles. The third-order valence-corrected chi connectivity index (χ3v) is 5.96. The van der Waals surface area contributed by atoms with Crippen molar-refractivity contribution in [2.75, 3.05) is 6.54 Å². The van der Waals surface area contributed by atoms with Gasteiger partial charge in [0, 0.05) is 13.0 Å². The number of hydrogen-bond acceptors (Lipinski definition) is 5. The van der Waals surface area contributed by atoms with E-state index in [1.165, 1.54) is 0 Å². The average Bonchev–Trinajstić information content (AvgIpc) is 3.17. The Morgan fingerprint density at radius 2 is 2.04 bits per heavy atom. The van der Waals surface area contributed by atoms with Gasteiger partial charge in [-0.15, -0.1) is 11.3 Å². The van der Waals surface area contributed by atoms with Crippen molar-refractivity contribution in [3.05, 3.63) is 64.4 Å². The van der Waals surface area contributed by atoms with Crippen LogP contribution in [0.5, 0.6) is 0 Å². The number of thiophene rings is 1. The van der Waals surface area contributed by atoms with Crippen LogP contribution < -0.4 is 4.72 Å². The van der Waals surface area contributed by atoms with Crippen LogP contribution >= 0.6 is 11.3 Å². The number of nitrogens with one attached hydrogen (secondary N) is 1. The summed E-state index contributed by atoms with van der Waals surface area (Å²) >= 11 is 1.56. The molecule has 2 aromatic heterocycles. The molecule has 3 aromatic rings. The summed E-state index contributed by atoms with van der Waals surface area (Å²) in [5.41, 5.74) is 2.61. The first-order valence-electron chi connectivity index (χ1n) is 7.96. The molecule has 7 heteroatoms. The fourth-order valence-corrected chi connectivity index (χ4v) is 4.35. The fraction of sp³-hybridized carbons (Fsp3) is 0.278. The number of nitrogens with zero attached hydrogens (tertiary/aromatic N) is 1. The summed E-state index contributed by atoms with van der Waals surface area (Å²) in [6, 6.07) is 11.4. The Bertz CT molecular complexity index is 945. The Balaban J connectivity index is 1.59. The van der Waals surface area contributed by atoms with Crippen LogP contribution in [-0.4, -0.2) is 19.9 Å². The second-order valence-electron chi connectivity index (χ2n) is 5.89. The lowest BCUT2D eigenvalue weighted by atomic mass is 10.2. The van der Waals surface area contributed by atoms with Crippen molar-refractivity contribution in [3.8, 4) is 10.8 Å². The number of oxazole rings is 1. The van der Waals surface area contributed by atoms with E-state index in [-0.39, 0.29) is 5.75 Å². The van der Waals surface area contributed by atoms with Crippen LogP contribution in [0.3, 0.4) is 0 Å². The lowest BCUT2D eigenvalue weighted by molar-refractivity contribution is 0.539. The Morgan fingerprint density at radius 1 is 1.20 bits per heavy atom. The SMILES string of the molecule is Cc1cccc(CS(=O)(=O)NCCc2nc(-c3cccs3)oc2C)c1. The topological polar surface area (TPSA) is 72.2 Å². The largest absolute Gasteiger partial charge is 0.440 e. The highest BCUT2D eigenvalue weighted by Gasteiger charge is 2.15. The van der Waals surface area contributed by atoms with Gasteiger partial charge in [0.2, 0.25) is 15.9 Å². The van der Waals surface area contributed by atoms with Crippen molar-refractivity contribution in [2.45, 2.75) is 26.0 Å². The molecule has 1 aromatic carbocycles. The first kappa shape index (κ1) is 17.8. The van der Waals surface area contributed by atoms with Crippen molar-refractivity contribution in [1.82, 2.24) is 9.71 Å². The standard InChI is InChI=1S/C18H20N2O3S2/c1-13-5-3-6-15(11-13)12-25(21,22)19-9-8-16-14(2)23-18(20-16)17-7-4-10-24-17/h3-7,10-11,19H,8-9,12H2,1-2H3. The molecule has 5 nitrogen and oxygen atoms in total. The molecule has 0 fully saturated rings. The molecule has 0 saturated heterocycles. The van der Waals surface area contributed by atoms with Gasteiger partial charge in [-0.1, -0.05) is 35.9 Å². The average molecular weight is 377 g/mol. The molecule has 0 aliphatic rings. The number of rotatable bonds is 7. The minimum absolute atomic E-state index is 0.0209. The lowest BCUT2D eigenvalue weighted by Crippen LogP contribution is -2.27. The molecule has 0 aliphatic heterocycles. The lowest BCUT2D eigenvalue weighted by Gasteiger charge is -2.06. The molecule has 0 amide bonds. The maximum absolute atomic E-state index is 12.2. The summed E-state index contributed by atoms with van der Waals surface area (Å²) in [6.45, 7) is 4.09. The third kappa shape index (κ3) is 4.78. The van der Waals surface area contributed by atoms with E-state index in [0.29, 0.717) is 18.9 Å². The number of hydrogen-bond donors (Lipinski definition) is 1. The van der Waals surface area contributed by atoms with Gasteiger partial charge in [0.05, 0.1) is 16.3 Å². The van der Waals surface area contributed by atoms with Crippen molar-refractivity contribution in [3.63, 3.8) is 0 Å². The molecular formula is C18H20N2O3S2. The van der Waals surface area contributed by atoms with Crippen molar-refractivity contribution in [1.29, 1.82) is 0 Å². The molecule has 0 unspecified atom stereocenters. The minimum Gasteiger partial charge on any atom is -0.440 e. The first-order valence-corrected chi connectivity index (χ1v) is 10.5. The number of benzene rings is 1. The highest BCUT2D eigenvalue weighted by molar-refractivity contribution is 7.88. The number of aromatic nitrogens is 1. The van der Waals surface area contributed by atoms with Crippen LogP contribution in [0.15, 0.2) is 46.2 Å². The second-order valence-corrected chi connectivity index (χ2v) is 8.65. The van der Waals surface area contributed by atoms with Gasteiger partial charge in [-0.3, -0.25) is 0 Å². The zero-order valence-electron chi connectivity index (χ0n) is 14.2. The molecule has 2 heterocycles. The van der Waals surface area contributed by atoms with Gasteiger partial charge < -0.3 is 4.42 Å². The van der Waals surface area contributed by atoms with Crippen LogP contribution in [0.2, 0.25) is 0 Å². The molecule has 0 atom stereocenters. The maximum atomic E-state index is 12.2. The predicted molar refractivity (Wildman–Crippen MR) is 100 cm³/mol. The molecule has 1 N–H and O–H groups in total. The van der Waals surface area contributed by atoms with Gasteiger partial charge in [-0.25, -0.2) is 18.1 Å². The summed E-state index contributed by atoms with van der Waals surface area (Å²) in [5, 5.41) is 1.97. The van der Waals surface area contributed by atoms with Gasteiger partial charge in [0.1, 0.15) is 5.76 Å². The van der Waals surface area contributed by atoms with Gasteiger partial charge in [-0.05, 0) is 30.9 Å². The van der Waals surface area contributed by atoms with Gasteiger partial charge >= 0.3 is 0 Å². The number of aryl methyl sites for hydroxylation is 2. The maximum Gasteiger partial charge on any atom is 0.236 e. The van der Waals surface area contributed by atoms with E-state index in [0.717, 1.165) is 27.5 Å². The Hall–Kier alpha value is -1.96. The van der Waals surface area contributed by atoms with E-state index in [1.807, 2.05) is 55.6 Å². The quantitative estimate of drug-likeness (QED) is 0.683. The highest BCUT2D eigenvalue weighted by atomic mass is 32.2. The predicted octanol–water partition coefficient (Wildman–Crippen LogP) is 3.68. The van der Waals surface area contributed by atoms with E-state index in [9.17, 15) is 8.42 Å². The summed E-state index contributed by atoms with van der Waals surface area (Å²) in [7, 11) is -3.38. The summed E-state index contributed by atoms with van der Waals surface area (Å²) in [5.74, 6) is 1.29. The summed E-state index contributed by atoms with van der Waals surface area (Å²) in [6.07, 6.45) is 0.494. The van der Waals surface area contributed by atoms with Gasteiger partial charge in [0.25, 0.3) is 0 Å². The fourth-order valence-electron chi connectivity index (χ4n) is 2.56. The van der Waals surface area contributed by atoms with E-state index >= 15 is 0 Å². The normalized spacial score (nSPS) is 11.8. The molecule has 0 spiro atoms. The zero-order valence-corrected chi connectivity index (χ0v) is 15.8. The van der Waals surface area contributed by atoms with Crippen LogP contribution in [0.25, 0.3) is 10.8 Å².